The van der Waals surface area contributed by atoms with Gasteiger partial charge in [0.1, 0.15) is 5.78 Å². The molecule has 0 aliphatic heterocycles. The predicted octanol–water partition coefficient (Wildman–Crippen LogP) is 6.35. The molecule has 0 amide bonds. The van der Waals surface area contributed by atoms with Crippen LogP contribution in [0.15, 0.2) is 24.8 Å². The average molecular weight is 416 g/mol. The molecule has 4 atom stereocenters. The van der Waals surface area contributed by atoms with Crippen LogP contribution in [-0.4, -0.2) is 19.0 Å². The minimum absolute atomic E-state index is 0.0888. The molecule has 0 aromatic heterocycles. The topological polar surface area (TPSA) is 52.6 Å². The lowest BCUT2D eigenvalue weighted by Crippen LogP contribution is -2.42. The minimum Gasteiger partial charge on any atom is -0.305 e. The van der Waals surface area contributed by atoms with E-state index >= 15 is 0 Å². The van der Waals surface area contributed by atoms with Crippen molar-refractivity contribution in [2.24, 2.45) is 17.3 Å². The van der Waals surface area contributed by atoms with E-state index in [1.54, 1.807) is 0 Å². The van der Waals surface area contributed by atoms with Crippen molar-refractivity contribution in [3.05, 3.63) is 41.5 Å². The smallest absolute Gasteiger partial charge is 0.305 e. The summed E-state index contributed by atoms with van der Waals surface area (Å²) in [4.78, 5) is 12.5. The van der Waals surface area contributed by atoms with Crippen molar-refractivity contribution in [2.45, 2.75) is 65.2 Å². The van der Waals surface area contributed by atoms with Crippen LogP contribution in [0.3, 0.4) is 0 Å². The molecule has 0 N–H and O–H groups in total. The first-order valence-electron chi connectivity index (χ1n) is 11.1. The number of aryl methyl sites for hydroxylation is 1. The fourth-order valence-corrected chi connectivity index (χ4v) is 7.75. The highest BCUT2D eigenvalue weighted by molar-refractivity contribution is 7.65. The second-order valence-electron chi connectivity index (χ2n) is 9.03. The Hall–Kier alpha value is -1.22. The van der Waals surface area contributed by atoms with Gasteiger partial charge in [-0.2, -0.15) is 0 Å². The van der Waals surface area contributed by atoms with Crippen LogP contribution in [0.2, 0.25) is 0 Å². The monoisotopic (exact) mass is 416 g/mol. The first kappa shape index (κ1) is 21.0. The molecule has 29 heavy (non-hydrogen) atoms. The molecule has 0 saturated heterocycles. The Morgan fingerprint density at radius 2 is 1.90 bits per heavy atom. The van der Waals surface area contributed by atoms with Crippen molar-refractivity contribution in [2.75, 3.05) is 13.2 Å². The highest BCUT2D eigenvalue weighted by Crippen LogP contribution is 2.61. The summed E-state index contributed by atoms with van der Waals surface area (Å²) in [5, 5.41) is 0.448. The third-order valence-electron chi connectivity index (χ3n) is 7.70. The molecule has 0 radical (unpaired) electrons. The number of carbonyl (C=O) groups excluding carboxylic acids is 1. The maximum absolute atomic E-state index is 13.1. The number of ketones is 1. The molecule has 1 aromatic carbocycles. The molecule has 158 valence electrons. The highest BCUT2D eigenvalue weighted by Gasteiger charge is 2.54. The molecule has 5 heteroatoms. The largest absolute Gasteiger partial charge is 0.361 e. The zero-order chi connectivity index (χ0) is 20.8. The van der Waals surface area contributed by atoms with Gasteiger partial charge in [-0.15, -0.1) is 0 Å². The second kappa shape index (κ2) is 7.80. The van der Waals surface area contributed by atoms with E-state index in [0.717, 1.165) is 44.1 Å². The van der Waals surface area contributed by atoms with Crippen LogP contribution >= 0.6 is 7.60 Å². The summed E-state index contributed by atoms with van der Waals surface area (Å²) in [6, 6.07) is 6.38. The molecular formula is C24H33O4P. The first-order valence-corrected chi connectivity index (χ1v) is 12.6. The summed E-state index contributed by atoms with van der Waals surface area (Å²) in [7, 11) is -3.36. The van der Waals surface area contributed by atoms with Gasteiger partial charge in [-0.25, -0.2) is 0 Å². The van der Waals surface area contributed by atoms with Crippen LogP contribution in [0, 0.1) is 17.3 Å². The van der Waals surface area contributed by atoms with Crippen molar-refractivity contribution >= 4 is 18.7 Å². The molecule has 0 spiro atoms. The van der Waals surface area contributed by atoms with Gasteiger partial charge in [0, 0.05) is 11.8 Å². The van der Waals surface area contributed by atoms with Gasteiger partial charge in [0.25, 0.3) is 0 Å². The van der Waals surface area contributed by atoms with E-state index in [1.165, 1.54) is 11.1 Å². The van der Waals surface area contributed by atoms with Crippen molar-refractivity contribution in [1.82, 2.24) is 0 Å². The molecule has 2 saturated carbocycles. The Labute approximate surface area is 174 Å². The van der Waals surface area contributed by atoms with Gasteiger partial charge in [-0.1, -0.05) is 31.7 Å². The first-order chi connectivity index (χ1) is 13.8. The number of fused-ring (bicyclic) bond motifs is 5. The maximum Gasteiger partial charge on any atom is 0.361 e. The van der Waals surface area contributed by atoms with Crippen LogP contribution in [0.5, 0.6) is 0 Å². The van der Waals surface area contributed by atoms with Crippen LogP contribution in [-0.2, 0) is 24.8 Å². The lowest BCUT2D eigenvalue weighted by Gasteiger charge is -2.48. The lowest BCUT2D eigenvalue weighted by atomic mass is 9.55. The Bertz CT molecular complexity index is 866. The highest BCUT2D eigenvalue weighted by atomic mass is 31.2. The fraction of sp³-hybridized carbons (Fsp3) is 0.625. The zero-order valence-corrected chi connectivity index (χ0v) is 18.8. The van der Waals surface area contributed by atoms with E-state index in [1.807, 2.05) is 19.9 Å². The van der Waals surface area contributed by atoms with E-state index in [9.17, 15) is 9.36 Å². The number of benzene rings is 1. The third-order valence-corrected chi connectivity index (χ3v) is 9.81. The van der Waals surface area contributed by atoms with Crippen molar-refractivity contribution in [3.8, 4) is 0 Å². The molecule has 3 aliphatic carbocycles. The summed E-state index contributed by atoms with van der Waals surface area (Å²) in [6.45, 7) is 10.6. The Morgan fingerprint density at radius 1 is 1.17 bits per heavy atom. The SMILES string of the molecule is C=C(c1ccc2c(c1)CC[C@@H]1[C@@H]2CC[C@]2(C)C(=O)CC[C@@H]12)P(=O)(OCC)OCC. The van der Waals surface area contributed by atoms with Gasteiger partial charge in [0.15, 0.2) is 0 Å². The Morgan fingerprint density at radius 3 is 2.59 bits per heavy atom. The predicted molar refractivity (Wildman–Crippen MR) is 116 cm³/mol. The molecule has 0 heterocycles. The molecule has 4 nitrogen and oxygen atoms in total. The number of hydrogen-bond donors (Lipinski definition) is 0. The number of carbonyl (C=O) groups is 1. The van der Waals surface area contributed by atoms with E-state index in [4.69, 9.17) is 9.05 Å². The summed E-state index contributed by atoms with van der Waals surface area (Å²) in [5.74, 6) is 2.17. The van der Waals surface area contributed by atoms with Gasteiger partial charge in [0.2, 0.25) is 0 Å². The quantitative estimate of drug-likeness (QED) is 0.507. The maximum atomic E-state index is 13.1. The number of rotatable bonds is 6. The number of Topliss-reactive ketones (excluding diaryl/α,β-unsaturated/α-hetero) is 1. The summed E-state index contributed by atoms with van der Waals surface area (Å²) in [5.41, 5.74) is 3.51. The zero-order valence-electron chi connectivity index (χ0n) is 17.9. The minimum atomic E-state index is -3.36. The van der Waals surface area contributed by atoms with Gasteiger partial charge in [0.05, 0.1) is 18.5 Å². The average Bonchev–Trinajstić information content (AvgIpc) is 3.02. The van der Waals surface area contributed by atoms with Crippen LogP contribution < -0.4 is 0 Å². The van der Waals surface area contributed by atoms with Crippen molar-refractivity contribution in [1.29, 1.82) is 0 Å². The van der Waals surface area contributed by atoms with Crippen molar-refractivity contribution < 1.29 is 18.4 Å². The van der Waals surface area contributed by atoms with Crippen molar-refractivity contribution in [3.63, 3.8) is 0 Å². The molecule has 3 aliphatic rings. The summed E-state index contributed by atoms with van der Waals surface area (Å²) < 4.78 is 24.1. The van der Waals surface area contributed by atoms with E-state index in [-0.39, 0.29) is 5.41 Å². The van der Waals surface area contributed by atoms with E-state index in [2.05, 4.69) is 25.6 Å². The lowest BCUT2D eigenvalue weighted by molar-refractivity contribution is -0.129. The standard InChI is InChI=1S/C24H33O4P/c1-5-27-29(26,28-6-2)16(3)17-7-9-19-18(15-17)8-10-21-20(19)13-14-24(4)22(21)11-12-23(24)25/h7,9,15,20-22H,3,5-6,8,10-14H2,1-2,4H3/t20-,21-,22+,24+/m1/s1. The van der Waals surface area contributed by atoms with Crippen LogP contribution in [0.1, 0.15) is 75.5 Å². The van der Waals surface area contributed by atoms with Crippen LogP contribution in [0.4, 0.5) is 0 Å². The third kappa shape index (κ3) is 3.38. The van der Waals surface area contributed by atoms with Gasteiger partial charge < -0.3 is 9.05 Å². The second-order valence-corrected chi connectivity index (χ2v) is 11.1. The Kier molecular flexibility index (Phi) is 5.65. The van der Waals surface area contributed by atoms with E-state index < -0.39 is 7.60 Å². The molecular weight excluding hydrogens is 383 g/mol. The van der Waals surface area contributed by atoms with Gasteiger partial charge in [-0.3, -0.25) is 9.36 Å². The summed E-state index contributed by atoms with van der Waals surface area (Å²) in [6.07, 6.45) is 6.07. The molecule has 0 unspecified atom stereocenters. The Balaban J connectivity index is 1.61. The molecule has 1 aromatic rings. The summed E-state index contributed by atoms with van der Waals surface area (Å²) >= 11 is 0. The van der Waals surface area contributed by atoms with Gasteiger partial charge in [-0.05, 0) is 80.4 Å². The van der Waals surface area contributed by atoms with Gasteiger partial charge >= 0.3 is 7.60 Å². The normalized spacial score (nSPS) is 31.1. The molecule has 0 bridgehead atoms. The molecule has 4 rings (SSSR count). The van der Waals surface area contributed by atoms with Crippen LogP contribution in [0.25, 0.3) is 5.31 Å². The fourth-order valence-electron chi connectivity index (χ4n) is 6.22. The number of hydrogen-bond acceptors (Lipinski definition) is 4. The van der Waals surface area contributed by atoms with E-state index in [0.29, 0.717) is 42.1 Å². The molecule has 2 fully saturated rings.